The first-order valence-electron chi connectivity index (χ1n) is 6.92. The van der Waals surface area contributed by atoms with Crippen molar-refractivity contribution in [3.63, 3.8) is 0 Å². The van der Waals surface area contributed by atoms with E-state index < -0.39 is 0 Å². The minimum absolute atomic E-state index is 0.245. The van der Waals surface area contributed by atoms with Crippen molar-refractivity contribution in [1.82, 2.24) is 10.2 Å². The van der Waals surface area contributed by atoms with Crippen molar-refractivity contribution < 1.29 is 0 Å². The van der Waals surface area contributed by atoms with Crippen LogP contribution >= 0.6 is 0 Å². The van der Waals surface area contributed by atoms with Gasteiger partial charge in [0.25, 0.3) is 0 Å². The van der Waals surface area contributed by atoms with Crippen molar-refractivity contribution >= 4 is 16.5 Å². The van der Waals surface area contributed by atoms with Crippen LogP contribution in [0.15, 0.2) is 42.5 Å². The minimum Gasteiger partial charge on any atom is -0.376 e. The number of nitrogens with one attached hydrogen (secondary N) is 2. The second-order valence-corrected chi connectivity index (χ2v) is 5.28. The van der Waals surface area contributed by atoms with E-state index in [0.29, 0.717) is 0 Å². The number of aromatic nitrogens is 2. The molecule has 0 aliphatic rings. The lowest BCUT2D eigenvalue weighted by Crippen LogP contribution is -2.07. The van der Waals surface area contributed by atoms with E-state index >= 15 is 0 Å². The lowest BCUT2D eigenvalue weighted by molar-refractivity contribution is 0.882. The molecule has 0 aliphatic heterocycles. The Morgan fingerprint density at radius 3 is 2.50 bits per heavy atom. The van der Waals surface area contributed by atoms with E-state index in [2.05, 4.69) is 64.9 Å². The van der Waals surface area contributed by atoms with Crippen molar-refractivity contribution in [2.75, 3.05) is 5.32 Å². The van der Waals surface area contributed by atoms with Gasteiger partial charge in [0.2, 0.25) is 0 Å². The summed E-state index contributed by atoms with van der Waals surface area (Å²) in [5, 5.41) is 13.3. The highest BCUT2D eigenvalue weighted by Crippen LogP contribution is 2.25. The number of aryl methyl sites for hydroxylation is 2. The molecule has 0 aliphatic carbocycles. The fraction of sp³-hybridized carbons (Fsp3) is 0.235. The van der Waals surface area contributed by atoms with Gasteiger partial charge < -0.3 is 5.32 Å². The minimum atomic E-state index is 0.245. The van der Waals surface area contributed by atoms with Gasteiger partial charge in [0.05, 0.1) is 17.1 Å². The number of fused-ring (bicyclic) bond motifs is 1. The summed E-state index contributed by atoms with van der Waals surface area (Å²) in [5.74, 6) is 0. The second kappa shape index (κ2) is 5.00. The van der Waals surface area contributed by atoms with E-state index in [4.69, 9.17) is 0 Å². The number of hydrogen-bond donors (Lipinski definition) is 2. The molecule has 0 radical (unpaired) electrons. The number of benzene rings is 2. The highest BCUT2D eigenvalue weighted by molar-refractivity contribution is 5.83. The summed E-state index contributed by atoms with van der Waals surface area (Å²) in [7, 11) is 0. The molecule has 0 saturated heterocycles. The lowest BCUT2D eigenvalue weighted by Gasteiger charge is -2.16. The summed E-state index contributed by atoms with van der Waals surface area (Å²) in [4.78, 5) is 0. The normalized spacial score (nSPS) is 12.6. The van der Waals surface area contributed by atoms with E-state index in [9.17, 15) is 0 Å². The second-order valence-electron chi connectivity index (χ2n) is 5.28. The fourth-order valence-corrected chi connectivity index (χ4v) is 2.54. The quantitative estimate of drug-likeness (QED) is 0.739. The van der Waals surface area contributed by atoms with Crippen molar-refractivity contribution in [2.24, 2.45) is 0 Å². The zero-order chi connectivity index (χ0) is 14.1. The SMILES string of the molecule is Cc1n[nH]c(C)c1NC(C)c1ccc2ccccc2c1. The van der Waals surface area contributed by atoms with Gasteiger partial charge in [-0.2, -0.15) is 5.10 Å². The summed E-state index contributed by atoms with van der Waals surface area (Å²) in [6, 6.07) is 15.3. The molecule has 20 heavy (non-hydrogen) atoms. The molecule has 2 N–H and O–H groups in total. The van der Waals surface area contributed by atoms with E-state index in [1.807, 2.05) is 13.8 Å². The van der Waals surface area contributed by atoms with Crippen LogP contribution in [0.4, 0.5) is 5.69 Å². The highest BCUT2D eigenvalue weighted by Gasteiger charge is 2.11. The van der Waals surface area contributed by atoms with E-state index in [-0.39, 0.29) is 6.04 Å². The van der Waals surface area contributed by atoms with Gasteiger partial charge in [0.15, 0.2) is 0 Å². The summed E-state index contributed by atoms with van der Waals surface area (Å²) < 4.78 is 0. The zero-order valence-electron chi connectivity index (χ0n) is 12.1. The van der Waals surface area contributed by atoms with Gasteiger partial charge in [0.1, 0.15) is 0 Å². The molecule has 0 spiro atoms. The predicted molar refractivity (Wildman–Crippen MR) is 84.0 cm³/mol. The fourth-order valence-electron chi connectivity index (χ4n) is 2.54. The van der Waals surface area contributed by atoms with Gasteiger partial charge in [-0.15, -0.1) is 0 Å². The van der Waals surface area contributed by atoms with Gasteiger partial charge in [-0.3, -0.25) is 5.10 Å². The molecule has 2 aromatic carbocycles. The molecule has 0 saturated carbocycles. The van der Waals surface area contributed by atoms with Gasteiger partial charge in [-0.25, -0.2) is 0 Å². The van der Waals surface area contributed by atoms with Crippen molar-refractivity contribution in [3.05, 3.63) is 59.4 Å². The van der Waals surface area contributed by atoms with Crippen LogP contribution in [-0.2, 0) is 0 Å². The average Bonchev–Trinajstić information content (AvgIpc) is 2.78. The summed E-state index contributed by atoms with van der Waals surface area (Å²) in [5.41, 5.74) is 4.47. The lowest BCUT2D eigenvalue weighted by atomic mass is 10.0. The largest absolute Gasteiger partial charge is 0.376 e. The molecular weight excluding hydrogens is 246 g/mol. The molecule has 0 amide bonds. The Balaban J connectivity index is 1.90. The van der Waals surface area contributed by atoms with Crippen LogP contribution < -0.4 is 5.32 Å². The van der Waals surface area contributed by atoms with Crippen LogP contribution in [0.25, 0.3) is 10.8 Å². The Morgan fingerprint density at radius 2 is 1.80 bits per heavy atom. The Morgan fingerprint density at radius 1 is 1.05 bits per heavy atom. The number of hydrogen-bond acceptors (Lipinski definition) is 2. The molecule has 102 valence electrons. The van der Waals surface area contributed by atoms with Crippen molar-refractivity contribution in [2.45, 2.75) is 26.8 Å². The molecule has 1 unspecified atom stereocenters. The summed E-state index contributed by atoms with van der Waals surface area (Å²) in [6.07, 6.45) is 0. The first kappa shape index (κ1) is 12.7. The molecule has 3 aromatic rings. The van der Waals surface area contributed by atoms with Gasteiger partial charge in [-0.1, -0.05) is 36.4 Å². The first-order valence-corrected chi connectivity index (χ1v) is 6.92. The smallest absolute Gasteiger partial charge is 0.0825 e. The van der Waals surface area contributed by atoms with Crippen LogP contribution in [0.3, 0.4) is 0 Å². The molecule has 1 aromatic heterocycles. The highest BCUT2D eigenvalue weighted by atomic mass is 15.2. The Kier molecular flexibility index (Phi) is 3.18. The Bertz CT molecular complexity index is 723. The topological polar surface area (TPSA) is 40.7 Å². The van der Waals surface area contributed by atoms with Gasteiger partial charge in [0, 0.05) is 6.04 Å². The zero-order valence-corrected chi connectivity index (χ0v) is 12.1. The first-order chi connectivity index (χ1) is 9.65. The number of aromatic amines is 1. The van der Waals surface area contributed by atoms with Gasteiger partial charge >= 0.3 is 0 Å². The summed E-state index contributed by atoms with van der Waals surface area (Å²) in [6.45, 7) is 6.23. The van der Waals surface area contributed by atoms with Crippen LogP contribution in [0.1, 0.15) is 29.9 Å². The molecular formula is C17H19N3. The van der Waals surface area contributed by atoms with Crippen molar-refractivity contribution in [3.8, 4) is 0 Å². The average molecular weight is 265 g/mol. The Hall–Kier alpha value is -2.29. The molecule has 3 rings (SSSR count). The molecule has 1 atom stereocenters. The summed E-state index contributed by atoms with van der Waals surface area (Å²) >= 11 is 0. The third-order valence-electron chi connectivity index (χ3n) is 3.76. The maximum Gasteiger partial charge on any atom is 0.0825 e. The molecule has 3 nitrogen and oxygen atoms in total. The molecule has 3 heteroatoms. The monoisotopic (exact) mass is 265 g/mol. The van der Waals surface area contributed by atoms with Crippen LogP contribution in [0, 0.1) is 13.8 Å². The van der Waals surface area contributed by atoms with Crippen LogP contribution in [0.2, 0.25) is 0 Å². The number of rotatable bonds is 3. The van der Waals surface area contributed by atoms with E-state index in [1.165, 1.54) is 16.3 Å². The third-order valence-corrected chi connectivity index (χ3v) is 3.76. The van der Waals surface area contributed by atoms with E-state index in [1.54, 1.807) is 0 Å². The maximum atomic E-state index is 4.23. The standard InChI is InChI=1S/C17H19N3/c1-11(18-17-12(2)19-20-13(17)3)15-9-8-14-6-4-5-7-16(14)10-15/h4-11,18H,1-3H3,(H,19,20). The number of H-pyrrole nitrogens is 1. The predicted octanol–water partition coefficient (Wildman–Crippen LogP) is 4.35. The van der Waals surface area contributed by atoms with Gasteiger partial charge in [-0.05, 0) is 43.2 Å². The van der Waals surface area contributed by atoms with Crippen LogP contribution in [-0.4, -0.2) is 10.2 Å². The molecule has 1 heterocycles. The van der Waals surface area contributed by atoms with E-state index in [0.717, 1.165) is 17.1 Å². The van der Waals surface area contributed by atoms with Crippen LogP contribution in [0.5, 0.6) is 0 Å². The van der Waals surface area contributed by atoms with Crippen molar-refractivity contribution in [1.29, 1.82) is 0 Å². The Labute approximate surface area is 119 Å². The molecule has 0 bridgehead atoms. The number of anilines is 1. The number of nitrogens with zero attached hydrogens (tertiary/aromatic N) is 1. The third kappa shape index (κ3) is 2.27. The molecule has 0 fully saturated rings. The maximum absolute atomic E-state index is 4.23.